The van der Waals surface area contributed by atoms with Gasteiger partial charge in [-0.1, -0.05) is 17.7 Å². The van der Waals surface area contributed by atoms with Gasteiger partial charge in [-0.3, -0.25) is 4.79 Å². The number of nitrogens with one attached hydrogen (secondary N) is 1. The highest BCUT2D eigenvalue weighted by Crippen LogP contribution is 2.21. The number of benzene rings is 1. The van der Waals surface area contributed by atoms with Gasteiger partial charge in [-0.25, -0.2) is 4.79 Å². The van der Waals surface area contributed by atoms with Crippen LogP contribution in [0.1, 0.15) is 10.4 Å². The Morgan fingerprint density at radius 2 is 2.13 bits per heavy atom. The minimum absolute atomic E-state index is 0.310. The Morgan fingerprint density at radius 3 is 2.80 bits per heavy atom. The van der Waals surface area contributed by atoms with Crippen LogP contribution in [0.2, 0.25) is 5.02 Å². The van der Waals surface area contributed by atoms with Crippen molar-refractivity contribution in [3.05, 3.63) is 45.2 Å². The van der Waals surface area contributed by atoms with E-state index in [0.29, 0.717) is 15.9 Å². The summed E-state index contributed by atoms with van der Waals surface area (Å²) in [5.74, 6) is -1.27. The molecule has 2 rings (SSSR count). The normalized spacial score (nSPS) is 10.5. The van der Waals surface area contributed by atoms with Gasteiger partial charge in [0.1, 0.15) is 5.56 Å². The fraction of sp³-hybridized carbons (Fsp3) is 0. The van der Waals surface area contributed by atoms with Gasteiger partial charge in [-0.15, -0.1) is 0 Å². The number of carboxylic acid groups (broad SMARTS) is 1. The molecule has 76 valence electrons. The van der Waals surface area contributed by atoms with Crippen molar-refractivity contribution in [2.75, 3.05) is 0 Å². The van der Waals surface area contributed by atoms with Crippen LogP contribution in [0.3, 0.4) is 0 Å². The van der Waals surface area contributed by atoms with Gasteiger partial charge in [0.15, 0.2) is 0 Å². The number of carboxylic acids is 1. The predicted molar refractivity (Wildman–Crippen MR) is 56.5 cm³/mol. The van der Waals surface area contributed by atoms with Crippen LogP contribution in [0.15, 0.2) is 29.1 Å². The van der Waals surface area contributed by atoms with E-state index in [0.717, 1.165) is 0 Å². The number of fused-ring (bicyclic) bond motifs is 1. The highest BCUT2D eigenvalue weighted by atomic mass is 35.5. The summed E-state index contributed by atoms with van der Waals surface area (Å²) >= 11 is 5.87. The monoisotopic (exact) mass is 223 g/mol. The maximum Gasteiger partial charge on any atom is 0.341 e. The Labute approximate surface area is 89.1 Å². The molecule has 0 saturated carbocycles. The number of carbonyl (C=O) groups is 1. The predicted octanol–water partition coefficient (Wildman–Crippen LogP) is 1.88. The summed E-state index contributed by atoms with van der Waals surface area (Å²) in [7, 11) is 0. The van der Waals surface area contributed by atoms with Crippen LogP contribution in [-0.2, 0) is 0 Å². The summed E-state index contributed by atoms with van der Waals surface area (Å²) in [6, 6.07) is 6.25. The number of hydrogen-bond acceptors (Lipinski definition) is 2. The van der Waals surface area contributed by atoms with E-state index >= 15 is 0 Å². The van der Waals surface area contributed by atoms with Gasteiger partial charge in [0.2, 0.25) is 0 Å². The van der Waals surface area contributed by atoms with Crippen LogP contribution < -0.4 is 5.56 Å². The summed E-state index contributed by atoms with van der Waals surface area (Å²) in [6.07, 6.45) is 0. The summed E-state index contributed by atoms with van der Waals surface area (Å²) in [5, 5.41) is 9.69. The topological polar surface area (TPSA) is 70.2 Å². The van der Waals surface area contributed by atoms with Crippen LogP contribution in [0.5, 0.6) is 0 Å². The van der Waals surface area contributed by atoms with Crippen LogP contribution >= 0.6 is 11.6 Å². The average Bonchev–Trinajstić information content (AvgIpc) is 2.16. The van der Waals surface area contributed by atoms with E-state index in [1.54, 1.807) is 18.2 Å². The summed E-state index contributed by atoms with van der Waals surface area (Å²) < 4.78 is 0. The van der Waals surface area contributed by atoms with Crippen LogP contribution in [0.25, 0.3) is 10.9 Å². The number of halogens is 1. The lowest BCUT2D eigenvalue weighted by atomic mass is 10.1. The third-order valence-electron chi connectivity index (χ3n) is 2.06. The van der Waals surface area contributed by atoms with E-state index in [1.165, 1.54) is 6.07 Å². The number of aromatic carboxylic acids is 1. The minimum Gasteiger partial charge on any atom is -0.477 e. The second-order valence-corrected chi connectivity index (χ2v) is 3.43. The number of rotatable bonds is 1. The largest absolute Gasteiger partial charge is 0.477 e. The second kappa shape index (κ2) is 3.40. The molecule has 0 atom stereocenters. The molecule has 1 aromatic carbocycles. The number of aromatic nitrogens is 1. The van der Waals surface area contributed by atoms with Crippen LogP contribution in [0.4, 0.5) is 0 Å². The SMILES string of the molecule is O=C(O)c1cc2c(Cl)cccc2[nH]c1=O. The Kier molecular flexibility index (Phi) is 2.21. The minimum atomic E-state index is -1.27. The second-order valence-electron chi connectivity index (χ2n) is 3.02. The third-order valence-corrected chi connectivity index (χ3v) is 2.39. The molecule has 0 aliphatic heterocycles. The Morgan fingerprint density at radius 1 is 1.40 bits per heavy atom. The fourth-order valence-electron chi connectivity index (χ4n) is 1.35. The van der Waals surface area contributed by atoms with Gasteiger partial charge in [-0.05, 0) is 18.2 Å². The first-order valence-corrected chi connectivity index (χ1v) is 4.52. The van der Waals surface area contributed by atoms with Gasteiger partial charge < -0.3 is 10.1 Å². The highest BCUT2D eigenvalue weighted by Gasteiger charge is 2.10. The Balaban J connectivity index is 2.90. The standard InChI is InChI=1S/C10H6ClNO3/c11-7-2-1-3-8-5(7)4-6(10(14)15)9(13)12-8/h1-4H,(H,12,13)(H,14,15). The van der Waals surface area contributed by atoms with E-state index in [1.807, 2.05) is 0 Å². The van der Waals surface area contributed by atoms with Gasteiger partial charge in [0.25, 0.3) is 5.56 Å². The Hall–Kier alpha value is -1.81. The smallest absolute Gasteiger partial charge is 0.341 e. The van der Waals surface area contributed by atoms with Gasteiger partial charge in [0, 0.05) is 15.9 Å². The maximum absolute atomic E-state index is 11.3. The van der Waals surface area contributed by atoms with Crippen molar-refractivity contribution < 1.29 is 9.90 Å². The van der Waals surface area contributed by atoms with E-state index in [2.05, 4.69) is 4.98 Å². The maximum atomic E-state index is 11.3. The fourth-order valence-corrected chi connectivity index (χ4v) is 1.58. The first kappa shape index (κ1) is 9.73. The van der Waals surface area contributed by atoms with E-state index in [9.17, 15) is 9.59 Å². The highest BCUT2D eigenvalue weighted by molar-refractivity contribution is 6.35. The summed E-state index contributed by atoms with van der Waals surface area (Å²) in [5.41, 5.74) is -0.412. The molecule has 2 aromatic rings. The molecule has 0 radical (unpaired) electrons. The first-order valence-electron chi connectivity index (χ1n) is 4.14. The molecular formula is C10H6ClNO3. The molecule has 0 saturated heterocycles. The molecule has 0 amide bonds. The van der Waals surface area contributed by atoms with Crippen molar-refractivity contribution in [2.24, 2.45) is 0 Å². The van der Waals surface area contributed by atoms with Crippen molar-refractivity contribution >= 4 is 28.5 Å². The molecule has 1 aromatic heterocycles. The lowest BCUT2D eigenvalue weighted by Gasteiger charge is -2.01. The molecule has 0 fully saturated rings. The van der Waals surface area contributed by atoms with E-state index in [-0.39, 0.29) is 5.56 Å². The zero-order valence-electron chi connectivity index (χ0n) is 7.45. The van der Waals surface area contributed by atoms with Crippen molar-refractivity contribution in [3.8, 4) is 0 Å². The molecule has 0 unspecified atom stereocenters. The van der Waals surface area contributed by atoms with Crippen molar-refractivity contribution in [2.45, 2.75) is 0 Å². The molecule has 15 heavy (non-hydrogen) atoms. The molecule has 2 N–H and O–H groups in total. The molecule has 4 nitrogen and oxygen atoms in total. The molecule has 5 heteroatoms. The molecular weight excluding hydrogens is 218 g/mol. The third kappa shape index (κ3) is 1.59. The van der Waals surface area contributed by atoms with Gasteiger partial charge in [0.05, 0.1) is 0 Å². The zero-order chi connectivity index (χ0) is 11.0. The number of aromatic amines is 1. The van der Waals surface area contributed by atoms with Crippen LogP contribution in [0, 0.1) is 0 Å². The first-order chi connectivity index (χ1) is 7.09. The van der Waals surface area contributed by atoms with Crippen molar-refractivity contribution in [3.63, 3.8) is 0 Å². The molecule has 0 aliphatic rings. The number of pyridine rings is 1. The lowest BCUT2D eigenvalue weighted by Crippen LogP contribution is -2.16. The molecule has 0 aliphatic carbocycles. The lowest BCUT2D eigenvalue weighted by molar-refractivity contribution is 0.0695. The van der Waals surface area contributed by atoms with E-state index in [4.69, 9.17) is 16.7 Å². The van der Waals surface area contributed by atoms with Gasteiger partial charge >= 0.3 is 5.97 Å². The van der Waals surface area contributed by atoms with Crippen LogP contribution in [-0.4, -0.2) is 16.1 Å². The summed E-state index contributed by atoms with van der Waals surface area (Å²) in [4.78, 5) is 24.5. The van der Waals surface area contributed by atoms with E-state index < -0.39 is 11.5 Å². The Bertz CT molecular complexity index is 603. The average molecular weight is 224 g/mol. The number of H-pyrrole nitrogens is 1. The quantitative estimate of drug-likeness (QED) is 0.776. The zero-order valence-corrected chi connectivity index (χ0v) is 8.21. The van der Waals surface area contributed by atoms with Crippen molar-refractivity contribution in [1.29, 1.82) is 0 Å². The number of hydrogen-bond donors (Lipinski definition) is 2. The molecule has 0 spiro atoms. The summed E-state index contributed by atoms with van der Waals surface area (Å²) in [6.45, 7) is 0. The van der Waals surface area contributed by atoms with Crippen molar-refractivity contribution in [1.82, 2.24) is 4.98 Å². The molecule has 1 heterocycles. The molecule has 0 bridgehead atoms. The van der Waals surface area contributed by atoms with Gasteiger partial charge in [-0.2, -0.15) is 0 Å².